The van der Waals surface area contributed by atoms with E-state index in [1.54, 1.807) is 0 Å². The topological polar surface area (TPSA) is 46.5 Å². The highest BCUT2D eigenvalue weighted by Gasteiger charge is 2.08. The summed E-state index contributed by atoms with van der Waals surface area (Å²) in [5, 5.41) is 8.37. The van der Waals surface area contributed by atoms with Gasteiger partial charge in [0.1, 0.15) is 0 Å². The van der Waals surface area contributed by atoms with Crippen LogP contribution in [0.25, 0.3) is 0 Å². The Bertz CT molecular complexity index is 147. The van der Waals surface area contributed by atoms with E-state index in [1.165, 1.54) is 0 Å². The molecule has 0 unspecified atom stereocenters. The normalized spacial score (nSPS) is 11.6. The molecule has 0 spiro atoms. The van der Waals surface area contributed by atoms with Gasteiger partial charge in [0, 0.05) is 13.0 Å². The highest BCUT2D eigenvalue weighted by Crippen LogP contribution is 2.08. The maximum Gasteiger partial charge on any atom is 0.303 e. The van der Waals surface area contributed by atoms with Crippen molar-refractivity contribution in [1.82, 2.24) is 0 Å². The predicted molar refractivity (Wildman–Crippen MR) is 51.8 cm³/mol. The number of hydrogen-bond donors (Lipinski definition) is 1. The van der Waals surface area contributed by atoms with E-state index < -0.39 is 5.97 Å². The smallest absolute Gasteiger partial charge is 0.303 e. The fourth-order valence-corrected chi connectivity index (χ4v) is 0.933. The molecule has 13 heavy (non-hydrogen) atoms. The zero-order chi connectivity index (χ0) is 10.3. The molecule has 0 saturated heterocycles. The molecule has 0 aromatic rings. The predicted octanol–water partition coefficient (Wildman–Crippen LogP) is 2.45. The van der Waals surface area contributed by atoms with Gasteiger partial charge in [-0.2, -0.15) is 0 Å². The Morgan fingerprint density at radius 1 is 1.23 bits per heavy atom. The van der Waals surface area contributed by atoms with Gasteiger partial charge in [-0.25, -0.2) is 0 Å². The van der Waals surface area contributed by atoms with Gasteiger partial charge < -0.3 is 9.84 Å². The summed E-state index contributed by atoms with van der Waals surface area (Å²) in [7, 11) is 0. The zero-order valence-electron chi connectivity index (χ0n) is 8.80. The average molecular weight is 188 g/mol. The summed E-state index contributed by atoms with van der Waals surface area (Å²) in [5.41, 5.74) is -0.0766. The lowest BCUT2D eigenvalue weighted by Gasteiger charge is -2.19. The second-order valence-corrected chi connectivity index (χ2v) is 4.17. The Morgan fingerprint density at radius 2 is 1.85 bits per heavy atom. The van der Waals surface area contributed by atoms with E-state index in [1.807, 2.05) is 20.8 Å². The van der Waals surface area contributed by atoms with Crippen LogP contribution in [0.2, 0.25) is 0 Å². The van der Waals surface area contributed by atoms with Crippen LogP contribution in [-0.4, -0.2) is 23.3 Å². The fraction of sp³-hybridized carbons (Fsp3) is 0.900. The van der Waals surface area contributed by atoms with E-state index in [2.05, 4.69) is 0 Å². The van der Waals surface area contributed by atoms with E-state index in [0.717, 1.165) is 25.9 Å². The van der Waals surface area contributed by atoms with Crippen molar-refractivity contribution in [3.05, 3.63) is 0 Å². The van der Waals surface area contributed by atoms with Crippen molar-refractivity contribution in [3.8, 4) is 0 Å². The Balaban J connectivity index is 3.13. The van der Waals surface area contributed by atoms with Crippen molar-refractivity contribution >= 4 is 5.97 Å². The van der Waals surface area contributed by atoms with Gasteiger partial charge in [0.2, 0.25) is 0 Å². The van der Waals surface area contributed by atoms with Crippen molar-refractivity contribution in [2.24, 2.45) is 0 Å². The van der Waals surface area contributed by atoms with Gasteiger partial charge in [0.25, 0.3) is 0 Å². The molecule has 3 nitrogen and oxygen atoms in total. The number of unbranched alkanes of at least 4 members (excludes halogenated alkanes) is 2. The lowest BCUT2D eigenvalue weighted by atomic mass is 10.2. The van der Waals surface area contributed by atoms with E-state index in [-0.39, 0.29) is 12.0 Å². The molecule has 0 aliphatic heterocycles. The van der Waals surface area contributed by atoms with E-state index in [4.69, 9.17) is 9.84 Å². The first kappa shape index (κ1) is 12.4. The number of carboxylic acids is 1. The van der Waals surface area contributed by atoms with Crippen molar-refractivity contribution < 1.29 is 14.6 Å². The van der Waals surface area contributed by atoms with Crippen molar-refractivity contribution in [2.75, 3.05) is 6.61 Å². The Labute approximate surface area is 80.1 Å². The third-order valence-corrected chi connectivity index (χ3v) is 1.57. The molecule has 3 heteroatoms. The van der Waals surface area contributed by atoms with E-state index in [0.29, 0.717) is 0 Å². The number of ether oxygens (including phenoxy) is 1. The van der Waals surface area contributed by atoms with Crippen LogP contribution in [0.4, 0.5) is 0 Å². The van der Waals surface area contributed by atoms with Crippen molar-refractivity contribution in [2.45, 2.75) is 52.1 Å². The third-order valence-electron chi connectivity index (χ3n) is 1.57. The lowest BCUT2D eigenvalue weighted by Crippen LogP contribution is -2.19. The van der Waals surface area contributed by atoms with Crippen LogP contribution in [0.5, 0.6) is 0 Å². The highest BCUT2D eigenvalue weighted by atomic mass is 16.5. The molecule has 0 aliphatic carbocycles. The van der Waals surface area contributed by atoms with E-state index in [9.17, 15) is 4.79 Å². The molecule has 0 saturated carbocycles. The first-order chi connectivity index (χ1) is 5.92. The first-order valence-electron chi connectivity index (χ1n) is 4.77. The summed E-state index contributed by atoms with van der Waals surface area (Å²) in [6.07, 6.45) is 2.91. The summed E-state index contributed by atoms with van der Waals surface area (Å²) in [5.74, 6) is -0.711. The van der Waals surface area contributed by atoms with Crippen LogP contribution >= 0.6 is 0 Å². The van der Waals surface area contributed by atoms with Gasteiger partial charge in [0.05, 0.1) is 5.60 Å². The minimum absolute atomic E-state index is 0.0766. The van der Waals surface area contributed by atoms with Gasteiger partial charge in [-0.3, -0.25) is 4.79 Å². The molecule has 0 bridgehead atoms. The van der Waals surface area contributed by atoms with Gasteiger partial charge in [-0.15, -0.1) is 0 Å². The Kier molecular flexibility index (Phi) is 5.71. The van der Waals surface area contributed by atoms with Crippen LogP contribution in [0.1, 0.15) is 46.5 Å². The quantitative estimate of drug-likeness (QED) is 0.651. The summed E-state index contributed by atoms with van der Waals surface area (Å²) in [4.78, 5) is 10.2. The molecular weight excluding hydrogens is 168 g/mol. The van der Waals surface area contributed by atoms with Gasteiger partial charge in [0.15, 0.2) is 0 Å². The Morgan fingerprint density at radius 3 is 2.31 bits per heavy atom. The molecular formula is C10H20O3. The third kappa shape index (κ3) is 11.4. The second-order valence-electron chi connectivity index (χ2n) is 4.17. The van der Waals surface area contributed by atoms with Gasteiger partial charge >= 0.3 is 5.97 Å². The summed E-state index contributed by atoms with van der Waals surface area (Å²) < 4.78 is 5.49. The largest absolute Gasteiger partial charge is 0.481 e. The fourth-order valence-electron chi connectivity index (χ4n) is 0.933. The lowest BCUT2D eigenvalue weighted by molar-refractivity contribution is -0.137. The standard InChI is InChI=1S/C10H20O3/c1-10(2,3)13-8-6-4-5-7-9(11)12/h4-8H2,1-3H3,(H,11,12). The summed E-state index contributed by atoms with van der Waals surface area (Å²) in [6, 6.07) is 0. The SMILES string of the molecule is CC(C)(C)OCCCCCC(=O)O. The molecule has 0 rings (SSSR count). The van der Waals surface area contributed by atoms with Crippen molar-refractivity contribution in [3.63, 3.8) is 0 Å². The number of aliphatic carboxylic acids is 1. The molecule has 0 aromatic carbocycles. The molecule has 0 atom stereocenters. The minimum atomic E-state index is -0.711. The number of carbonyl (C=O) groups is 1. The first-order valence-corrected chi connectivity index (χ1v) is 4.77. The second kappa shape index (κ2) is 5.97. The minimum Gasteiger partial charge on any atom is -0.481 e. The van der Waals surface area contributed by atoms with Crippen LogP contribution in [0.3, 0.4) is 0 Å². The molecule has 1 N–H and O–H groups in total. The van der Waals surface area contributed by atoms with Crippen LogP contribution in [0.15, 0.2) is 0 Å². The molecule has 0 aromatic heterocycles. The van der Waals surface area contributed by atoms with E-state index >= 15 is 0 Å². The van der Waals surface area contributed by atoms with Gasteiger partial charge in [-0.1, -0.05) is 6.42 Å². The van der Waals surface area contributed by atoms with Crippen LogP contribution in [0, 0.1) is 0 Å². The number of rotatable bonds is 6. The highest BCUT2D eigenvalue weighted by molar-refractivity contribution is 5.66. The number of hydrogen-bond acceptors (Lipinski definition) is 2. The monoisotopic (exact) mass is 188 g/mol. The van der Waals surface area contributed by atoms with Crippen molar-refractivity contribution in [1.29, 1.82) is 0 Å². The average Bonchev–Trinajstić information content (AvgIpc) is 1.93. The molecule has 0 aliphatic rings. The molecule has 0 radical (unpaired) electrons. The number of carboxylic acid groups (broad SMARTS) is 1. The van der Waals surface area contributed by atoms with Crippen LogP contribution in [-0.2, 0) is 9.53 Å². The zero-order valence-corrected chi connectivity index (χ0v) is 8.80. The van der Waals surface area contributed by atoms with Crippen LogP contribution < -0.4 is 0 Å². The molecule has 0 amide bonds. The maximum absolute atomic E-state index is 10.2. The van der Waals surface area contributed by atoms with Gasteiger partial charge in [-0.05, 0) is 33.6 Å². The maximum atomic E-state index is 10.2. The summed E-state index contributed by atoms with van der Waals surface area (Å²) in [6.45, 7) is 6.78. The molecule has 0 fully saturated rings. The Hall–Kier alpha value is -0.570. The molecule has 78 valence electrons. The summed E-state index contributed by atoms with van der Waals surface area (Å²) >= 11 is 0. The molecule has 0 heterocycles.